The first kappa shape index (κ1) is 9.11. The first-order valence-electron chi connectivity index (χ1n) is 4.20. The van der Waals surface area contributed by atoms with Crippen molar-refractivity contribution in [2.24, 2.45) is 5.73 Å². The second-order valence-electron chi connectivity index (χ2n) is 2.68. The summed E-state index contributed by atoms with van der Waals surface area (Å²) in [7, 11) is 0. The Kier molecular flexibility index (Phi) is 2.71. The zero-order valence-electron chi connectivity index (χ0n) is 7.47. The molecule has 2 aromatic heterocycles. The summed E-state index contributed by atoms with van der Waals surface area (Å²) in [4.78, 5) is 8.31. The highest BCUT2D eigenvalue weighted by Gasteiger charge is 2.02. The van der Waals surface area contributed by atoms with E-state index in [9.17, 15) is 0 Å². The van der Waals surface area contributed by atoms with E-state index in [4.69, 9.17) is 5.73 Å². The van der Waals surface area contributed by atoms with Gasteiger partial charge >= 0.3 is 0 Å². The van der Waals surface area contributed by atoms with E-state index in [-0.39, 0.29) is 0 Å². The van der Waals surface area contributed by atoms with Crippen molar-refractivity contribution in [3.63, 3.8) is 0 Å². The molecule has 0 saturated heterocycles. The number of hydrogen-bond donors (Lipinski definition) is 2. The number of nitrogens with two attached hydrogens (primary N) is 1. The molecule has 3 N–H and O–H groups in total. The predicted molar refractivity (Wildman–Crippen MR) is 57.5 cm³/mol. The van der Waals surface area contributed by atoms with Crippen LogP contribution in [0.15, 0.2) is 29.9 Å². The maximum absolute atomic E-state index is 5.58. The molecular formula is C9H10N4S. The molecule has 0 unspecified atom stereocenters. The molecule has 0 aliphatic carbocycles. The number of nitrogens with one attached hydrogen (secondary N) is 1. The highest BCUT2D eigenvalue weighted by Crippen LogP contribution is 2.19. The van der Waals surface area contributed by atoms with Crippen LogP contribution in [-0.2, 0) is 6.54 Å². The average Bonchev–Trinajstić information content (AvgIpc) is 2.71. The van der Waals surface area contributed by atoms with Crippen LogP contribution in [0.4, 0.5) is 10.9 Å². The molecule has 0 aliphatic heterocycles. The monoisotopic (exact) mass is 206 g/mol. The Morgan fingerprint density at radius 2 is 2.29 bits per heavy atom. The number of hydrogen-bond acceptors (Lipinski definition) is 5. The summed E-state index contributed by atoms with van der Waals surface area (Å²) in [5, 5.41) is 5.86. The molecule has 0 atom stereocenters. The molecule has 0 saturated carbocycles. The van der Waals surface area contributed by atoms with Crippen LogP contribution in [0, 0.1) is 0 Å². The molecule has 0 amide bonds. The van der Waals surface area contributed by atoms with Crippen LogP contribution in [0.1, 0.15) is 5.56 Å². The van der Waals surface area contributed by atoms with Crippen molar-refractivity contribution in [3.8, 4) is 0 Å². The number of aromatic nitrogens is 2. The van der Waals surface area contributed by atoms with E-state index in [0.717, 1.165) is 16.5 Å². The normalized spacial score (nSPS) is 10.1. The molecule has 0 aromatic carbocycles. The zero-order chi connectivity index (χ0) is 9.80. The van der Waals surface area contributed by atoms with Gasteiger partial charge in [-0.05, 0) is 6.07 Å². The van der Waals surface area contributed by atoms with E-state index < -0.39 is 0 Å². The van der Waals surface area contributed by atoms with Crippen LogP contribution in [0.5, 0.6) is 0 Å². The summed E-state index contributed by atoms with van der Waals surface area (Å²) in [5.74, 6) is 0.782. The third-order valence-corrected chi connectivity index (χ3v) is 2.46. The van der Waals surface area contributed by atoms with Gasteiger partial charge in [0.1, 0.15) is 5.82 Å². The van der Waals surface area contributed by atoms with Gasteiger partial charge in [-0.25, -0.2) is 9.97 Å². The van der Waals surface area contributed by atoms with Gasteiger partial charge in [0.2, 0.25) is 0 Å². The Labute approximate surface area is 85.8 Å². The van der Waals surface area contributed by atoms with Gasteiger partial charge in [-0.3, -0.25) is 0 Å². The Hall–Kier alpha value is -1.46. The van der Waals surface area contributed by atoms with Crippen molar-refractivity contribution in [2.45, 2.75) is 6.54 Å². The molecule has 0 bridgehead atoms. The van der Waals surface area contributed by atoms with Gasteiger partial charge in [0.05, 0.1) is 0 Å². The lowest BCUT2D eigenvalue weighted by molar-refractivity contribution is 1.05. The maximum atomic E-state index is 5.58. The summed E-state index contributed by atoms with van der Waals surface area (Å²) < 4.78 is 0. The minimum absolute atomic E-state index is 0.474. The quantitative estimate of drug-likeness (QED) is 0.803. The van der Waals surface area contributed by atoms with Crippen LogP contribution in [-0.4, -0.2) is 9.97 Å². The summed E-state index contributed by atoms with van der Waals surface area (Å²) in [5.41, 5.74) is 6.57. The first-order valence-corrected chi connectivity index (χ1v) is 5.08. The van der Waals surface area contributed by atoms with Gasteiger partial charge in [-0.2, -0.15) is 0 Å². The number of anilines is 2. The van der Waals surface area contributed by atoms with Crippen LogP contribution < -0.4 is 11.1 Å². The molecule has 0 spiro atoms. The molecule has 4 nitrogen and oxygen atoms in total. The van der Waals surface area contributed by atoms with E-state index in [0.29, 0.717) is 6.54 Å². The van der Waals surface area contributed by atoms with Gasteiger partial charge in [0.15, 0.2) is 5.13 Å². The SMILES string of the molecule is NCc1cccnc1Nc1nccs1. The fourth-order valence-electron chi connectivity index (χ4n) is 1.10. The maximum Gasteiger partial charge on any atom is 0.188 e. The first-order chi connectivity index (χ1) is 6.90. The highest BCUT2D eigenvalue weighted by molar-refractivity contribution is 7.13. The van der Waals surface area contributed by atoms with Gasteiger partial charge in [0, 0.05) is 29.9 Å². The molecule has 2 aromatic rings. The molecule has 14 heavy (non-hydrogen) atoms. The lowest BCUT2D eigenvalue weighted by Crippen LogP contribution is -2.03. The van der Waals surface area contributed by atoms with Gasteiger partial charge < -0.3 is 11.1 Å². The minimum Gasteiger partial charge on any atom is -0.326 e. The summed E-state index contributed by atoms with van der Waals surface area (Å²) in [6.07, 6.45) is 3.48. The number of rotatable bonds is 3. The molecular weight excluding hydrogens is 196 g/mol. The van der Waals surface area contributed by atoms with Crippen molar-refractivity contribution >= 4 is 22.3 Å². The predicted octanol–water partition coefficient (Wildman–Crippen LogP) is 1.74. The average molecular weight is 206 g/mol. The highest BCUT2D eigenvalue weighted by atomic mass is 32.1. The fourth-order valence-corrected chi connectivity index (χ4v) is 1.63. The van der Waals surface area contributed by atoms with E-state index >= 15 is 0 Å². The van der Waals surface area contributed by atoms with Gasteiger partial charge in [-0.15, -0.1) is 11.3 Å². The van der Waals surface area contributed by atoms with Crippen LogP contribution >= 0.6 is 11.3 Å². The van der Waals surface area contributed by atoms with Crippen LogP contribution in [0.25, 0.3) is 0 Å². The number of nitrogens with zero attached hydrogens (tertiary/aromatic N) is 2. The molecule has 0 aliphatic rings. The fraction of sp³-hybridized carbons (Fsp3) is 0.111. The lowest BCUT2D eigenvalue weighted by atomic mass is 10.2. The number of pyridine rings is 1. The summed E-state index contributed by atoms with van der Waals surface area (Å²) in [6, 6.07) is 3.82. The van der Waals surface area contributed by atoms with E-state index in [1.54, 1.807) is 12.4 Å². The van der Waals surface area contributed by atoms with Crippen molar-refractivity contribution < 1.29 is 0 Å². The molecule has 72 valence electrons. The summed E-state index contributed by atoms with van der Waals surface area (Å²) in [6.45, 7) is 0.474. The molecule has 2 rings (SSSR count). The number of thiazole rings is 1. The standard InChI is InChI=1S/C9H10N4S/c10-6-7-2-1-3-11-8(7)13-9-12-4-5-14-9/h1-5H,6,10H2,(H,11,12,13). The van der Waals surface area contributed by atoms with Crippen molar-refractivity contribution in [2.75, 3.05) is 5.32 Å². The second kappa shape index (κ2) is 4.17. The Morgan fingerprint density at radius 3 is 3.00 bits per heavy atom. The Morgan fingerprint density at radius 1 is 1.36 bits per heavy atom. The topological polar surface area (TPSA) is 63.8 Å². The van der Waals surface area contributed by atoms with Crippen LogP contribution in [0.2, 0.25) is 0 Å². The molecule has 0 fully saturated rings. The molecule has 5 heteroatoms. The van der Waals surface area contributed by atoms with Gasteiger partial charge in [-0.1, -0.05) is 6.07 Å². The smallest absolute Gasteiger partial charge is 0.188 e. The Bertz CT molecular complexity index is 399. The third-order valence-electron chi connectivity index (χ3n) is 1.77. The minimum atomic E-state index is 0.474. The third kappa shape index (κ3) is 1.89. The van der Waals surface area contributed by atoms with E-state index in [1.807, 2.05) is 17.5 Å². The lowest BCUT2D eigenvalue weighted by Gasteiger charge is -2.05. The Balaban J connectivity index is 2.24. The van der Waals surface area contributed by atoms with Crippen molar-refractivity contribution in [1.82, 2.24) is 9.97 Å². The summed E-state index contributed by atoms with van der Waals surface area (Å²) >= 11 is 1.53. The van der Waals surface area contributed by atoms with Gasteiger partial charge in [0.25, 0.3) is 0 Å². The van der Waals surface area contributed by atoms with E-state index in [1.165, 1.54) is 11.3 Å². The molecule has 2 heterocycles. The van der Waals surface area contributed by atoms with Crippen molar-refractivity contribution in [3.05, 3.63) is 35.5 Å². The van der Waals surface area contributed by atoms with E-state index in [2.05, 4.69) is 15.3 Å². The largest absolute Gasteiger partial charge is 0.326 e. The zero-order valence-corrected chi connectivity index (χ0v) is 8.29. The van der Waals surface area contributed by atoms with Crippen LogP contribution in [0.3, 0.4) is 0 Å². The second-order valence-corrected chi connectivity index (χ2v) is 3.57. The molecule has 0 radical (unpaired) electrons. The van der Waals surface area contributed by atoms with Crippen molar-refractivity contribution in [1.29, 1.82) is 0 Å².